The lowest BCUT2D eigenvalue weighted by molar-refractivity contribution is 0.215. The lowest BCUT2D eigenvalue weighted by Gasteiger charge is -1.91. The Kier molecular flexibility index (Phi) is 3.35. The molecule has 0 aliphatic rings. The highest BCUT2D eigenvalue weighted by Crippen LogP contribution is 2.04. The van der Waals surface area contributed by atoms with Crippen LogP contribution in [0.4, 0.5) is 0 Å². The van der Waals surface area contributed by atoms with Gasteiger partial charge in [0.2, 0.25) is 0 Å². The molecule has 11 heavy (non-hydrogen) atoms. The third kappa shape index (κ3) is 2.88. The highest BCUT2D eigenvalue weighted by molar-refractivity contribution is 14.1. The first-order valence-corrected chi connectivity index (χ1v) is 4.23. The molecule has 3 heteroatoms. The molecule has 2 nitrogen and oxygen atoms in total. The fourth-order valence-electron chi connectivity index (χ4n) is 0.662. The molecule has 0 aliphatic carbocycles. The minimum atomic E-state index is 1.05. The molecule has 58 valence electrons. The van der Waals surface area contributed by atoms with E-state index in [-0.39, 0.29) is 0 Å². The number of hydrogen-bond acceptors (Lipinski definition) is 2. The Labute approximate surface area is 79.4 Å². The Balaban J connectivity index is 2.73. The van der Waals surface area contributed by atoms with E-state index in [0.717, 1.165) is 5.56 Å². The van der Waals surface area contributed by atoms with Crippen molar-refractivity contribution in [2.75, 3.05) is 7.11 Å². The van der Waals surface area contributed by atoms with Gasteiger partial charge in [-0.05, 0) is 40.3 Å². The third-order valence-electron chi connectivity index (χ3n) is 1.18. The fraction of sp³-hybridized carbons (Fsp3) is 0.125. The largest absolute Gasteiger partial charge is 0.399 e. The number of benzene rings is 1. The van der Waals surface area contributed by atoms with E-state index in [4.69, 9.17) is 0 Å². The topological polar surface area (TPSA) is 21.6 Å². The number of halogens is 1. The van der Waals surface area contributed by atoms with E-state index < -0.39 is 0 Å². The molecule has 0 N–H and O–H groups in total. The Morgan fingerprint density at radius 1 is 1.36 bits per heavy atom. The second-order valence-electron chi connectivity index (χ2n) is 1.97. The summed E-state index contributed by atoms with van der Waals surface area (Å²) in [4.78, 5) is 4.54. The number of oxime groups is 1. The van der Waals surface area contributed by atoms with Crippen molar-refractivity contribution in [3.05, 3.63) is 33.4 Å². The minimum absolute atomic E-state index is 1.05. The van der Waals surface area contributed by atoms with Crippen LogP contribution in [0, 0.1) is 3.57 Å². The summed E-state index contributed by atoms with van der Waals surface area (Å²) < 4.78 is 1.22. The van der Waals surface area contributed by atoms with Crippen LogP contribution >= 0.6 is 22.6 Å². The van der Waals surface area contributed by atoms with E-state index >= 15 is 0 Å². The zero-order chi connectivity index (χ0) is 8.10. The van der Waals surface area contributed by atoms with Crippen LogP contribution < -0.4 is 0 Å². The van der Waals surface area contributed by atoms with Gasteiger partial charge in [0.25, 0.3) is 0 Å². The normalized spacial score (nSPS) is 10.4. The molecule has 0 unspecified atom stereocenters. The Morgan fingerprint density at radius 2 is 2.00 bits per heavy atom. The van der Waals surface area contributed by atoms with Gasteiger partial charge in [-0.15, -0.1) is 0 Å². The van der Waals surface area contributed by atoms with Crippen LogP contribution in [0.25, 0.3) is 0 Å². The summed E-state index contributed by atoms with van der Waals surface area (Å²) in [5, 5.41) is 3.64. The first-order chi connectivity index (χ1) is 5.33. The van der Waals surface area contributed by atoms with Crippen molar-refractivity contribution in [1.29, 1.82) is 0 Å². The van der Waals surface area contributed by atoms with Crippen molar-refractivity contribution in [2.45, 2.75) is 0 Å². The zero-order valence-corrected chi connectivity index (χ0v) is 8.28. The van der Waals surface area contributed by atoms with Gasteiger partial charge in [-0.25, -0.2) is 0 Å². The molecule has 1 aromatic carbocycles. The maximum Gasteiger partial charge on any atom is 0.106 e. The molecule has 0 bridgehead atoms. The average Bonchev–Trinajstić information content (AvgIpc) is 2.04. The van der Waals surface area contributed by atoms with E-state index in [9.17, 15) is 0 Å². The smallest absolute Gasteiger partial charge is 0.106 e. The van der Waals surface area contributed by atoms with Crippen molar-refractivity contribution in [2.24, 2.45) is 5.16 Å². The average molecular weight is 261 g/mol. The van der Waals surface area contributed by atoms with Crippen LogP contribution in [-0.2, 0) is 4.84 Å². The summed E-state index contributed by atoms with van der Waals surface area (Å²) >= 11 is 2.26. The second kappa shape index (κ2) is 4.33. The Morgan fingerprint density at radius 3 is 2.55 bits per heavy atom. The molecular formula is C8H8INO. The van der Waals surface area contributed by atoms with Gasteiger partial charge in [0.15, 0.2) is 0 Å². The van der Waals surface area contributed by atoms with Crippen LogP contribution in [0.5, 0.6) is 0 Å². The monoisotopic (exact) mass is 261 g/mol. The van der Waals surface area contributed by atoms with E-state index in [1.165, 1.54) is 10.7 Å². The Hall–Kier alpha value is -0.580. The van der Waals surface area contributed by atoms with Crippen LogP contribution in [0.3, 0.4) is 0 Å². The van der Waals surface area contributed by atoms with Crippen molar-refractivity contribution >= 4 is 28.8 Å². The molecule has 1 rings (SSSR count). The van der Waals surface area contributed by atoms with Gasteiger partial charge in [-0.2, -0.15) is 0 Å². The van der Waals surface area contributed by atoms with E-state index in [2.05, 4.69) is 32.6 Å². The van der Waals surface area contributed by atoms with Gasteiger partial charge in [-0.1, -0.05) is 17.3 Å². The van der Waals surface area contributed by atoms with E-state index in [1.54, 1.807) is 6.21 Å². The molecule has 0 radical (unpaired) electrons. The number of rotatable bonds is 2. The fourth-order valence-corrected chi connectivity index (χ4v) is 1.02. The molecule has 0 spiro atoms. The molecular weight excluding hydrogens is 253 g/mol. The van der Waals surface area contributed by atoms with Crippen LogP contribution in [0.2, 0.25) is 0 Å². The molecule has 0 atom stereocenters. The van der Waals surface area contributed by atoms with Gasteiger partial charge in [-0.3, -0.25) is 0 Å². The van der Waals surface area contributed by atoms with Crippen molar-refractivity contribution < 1.29 is 4.84 Å². The van der Waals surface area contributed by atoms with Crippen molar-refractivity contribution in [3.63, 3.8) is 0 Å². The van der Waals surface area contributed by atoms with Gasteiger partial charge in [0, 0.05) is 3.57 Å². The SMILES string of the molecule is CO/N=C/c1ccc(I)cc1. The summed E-state index contributed by atoms with van der Waals surface area (Å²) in [6.45, 7) is 0. The summed E-state index contributed by atoms with van der Waals surface area (Å²) in [6, 6.07) is 8.03. The first kappa shape index (κ1) is 8.52. The van der Waals surface area contributed by atoms with Gasteiger partial charge in [0.1, 0.15) is 7.11 Å². The van der Waals surface area contributed by atoms with Gasteiger partial charge < -0.3 is 4.84 Å². The molecule has 0 amide bonds. The van der Waals surface area contributed by atoms with E-state index in [1.807, 2.05) is 24.3 Å². The Bertz CT molecular complexity index is 243. The summed E-state index contributed by atoms with van der Waals surface area (Å²) in [5.41, 5.74) is 1.05. The lowest BCUT2D eigenvalue weighted by atomic mass is 10.2. The maximum absolute atomic E-state index is 4.54. The molecule has 0 saturated carbocycles. The van der Waals surface area contributed by atoms with E-state index in [0.29, 0.717) is 0 Å². The molecule has 0 aliphatic heterocycles. The highest BCUT2D eigenvalue weighted by atomic mass is 127. The second-order valence-corrected chi connectivity index (χ2v) is 3.21. The number of hydrogen-bond donors (Lipinski definition) is 0. The quantitative estimate of drug-likeness (QED) is 0.454. The number of nitrogens with zero attached hydrogens (tertiary/aromatic N) is 1. The van der Waals surface area contributed by atoms with Crippen LogP contribution in [0.15, 0.2) is 29.4 Å². The predicted octanol–water partition coefficient (Wildman–Crippen LogP) is 2.27. The predicted molar refractivity (Wildman–Crippen MR) is 53.8 cm³/mol. The third-order valence-corrected chi connectivity index (χ3v) is 1.90. The summed E-state index contributed by atoms with van der Waals surface area (Å²) in [7, 11) is 1.53. The summed E-state index contributed by atoms with van der Waals surface area (Å²) in [6.07, 6.45) is 1.68. The molecule has 0 fully saturated rings. The molecule has 0 aromatic heterocycles. The molecule has 1 aromatic rings. The lowest BCUT2D eigenvalue weighted by Crippen LogP contribution is -1.81. The maximum atomic E-state index is 4.54. The zero-order valence-electron chi connectivity index (χ0n) is 6.12. The van der Waals surface area contributed by atoms with Gasteiger partial charge in [0.05, 0.1) is 6.21 Å². The van der Waals surface area contributed by atoms with Crippen LogP contribution in [-0.4, -0.2) is 13.3 Å². The van der Waals surface area contributed by atoms with Crippen LogP contribution in [0.1, 0.15) is 5.56 Å². The summed E-state index contributed by atoms with van der Waals surface area (Å²) in [5.74, 6) is 0. The first-order valence-electron chi connectivity index (χ1n) is 3.15. The molecule has 0 saturated heterocycles. The standard InChI is InChI=1S/C8H8INO/c1-11-10-6-7-2-4-8(9)5-3-7/h2-6H,1H3/b10-6+. The highest BCUT2D eigenvalue weighted by Gasteiger charge is 1.86. The molecule has 0 heterocycles. The van der Waals surface area contributed by atoms with Gasteiger partial charge >= 0.3 is 0 Å². The van der Waals surface area contributed by atoms with Crippen molar-refractivity contribution in [1.82, 2.24) is 0 Å². The minimum Gasteiger partial charge on any atom is -0.399 e. The van der Waals surface area contributed by atoms with Crippen molar-refractivity contribution in [3.8, 4) is 0 Å².